The predicted octanol–water partition coefficient (Wildman–Crippen LogP) is 1.12. The number of carboxylic acid groups (broad SMARTS) is 1. The molecule has 3 amide bonds. The van der Waals surface area contributed by atoms with Gasteiger partial charge in [0.2, 0.25) is 5.91 Å². The van der Waals surface area contributed by atoms with E-state index in [9.17, 15) is 14.4 Å². The number of likely N-dealkylation sites (N-methyl/N-ethyl adjacent to an activating group) is 1. The van der Waals surface area contributed by atoms with E-state index in [4.69, 9.17) is 5.11 Å². The lowest BCUT2D eigenvalue weighted by molar-refractivity contribution is -0.140. The van der Waals surface area contributed by atoms with Gasteiger partial charge in [0.25, 0.3) is 0 Å². The van der Waals surface area contributed by atoms with Crippen LogP contribution in [-0.4, -0.2) is 77.6 Å². The van der Waals surface area contributed by atoms with Gasteiger partial charge in [0.1, 0.15) is 0 Å². The van der Waals surface area contributed by atoms with Crippen molar-refractivity contribution in [2.75, 3.05) is 32.7 Å². The van der Waals surface area contributed by atoms with Crippen molar-refractivity contribution < 1.29 is 19.5 Å². The summed E-state index contributed by atoms with van der Waals surface area (Å²) in [4.78, 5) is 39.4. The van der Waals surface area contributed by atoms with E-state index in [2.05, 4.69) is 24.5 Å². The molecular weight excluding hydrogens is 348 g/mol. The standard InChI is InChI=1S/C19H34N4O4/c1-4-22(12-17(24)25)16-8-15(9-16)21-18(26)14-6-5-7-23(11-14)19(27)20-10-13(2)3/h13-16H,4-12H2,1-3H3,(H,20,27)(H,21,26)(H,24,25). The van der Waals surface area contributed by atoms with Gasteiger partial charge < -0.3 is 20.6 Å². The number of carbonyl (C=O) groups is 3. The van der Waals surface area contributed by atoms with E-state index in [1.807, 2.05) is 11.8 Å². The fraction of sp³-hybridized carbons (Fsp3) is 0.842. The van der Waals surface area contributed by atoms with Gasteiger partial charge in [0.15, 0.2) is 0 Å². The van der Waals surface area contributed by atoms with E-state index in [0.29, 0.717) is 32.1 Å². The van der Waals surface area contributed by atoms with E-state index < -0.39 is 5.97 Å². The Kier molecular flexibility index (Phi) is 7.89. The van der Waals surface area contributed by atoms with Crippen molar-refractivity contribution in [2.45, 2.75) is 58.5 Å². The molecule has 8 heteroatoms. The molecule has 2 aliphatic rings. The number of nitrogens with zero attached hydrogens (tertiary/aromatic N) is 2. The van der Waals surface area contributed by atoms with Gasteiger partial charge in [-0.2, -0.15) is 0 Å². The van der Waals surface area contributed by atoms with Gasteiger partial charge in [-0.1, -0.05) is 20.8 Å². The van der Waals surface area contributed by atoms with Gasteiger partial charge in [0, 0.05) is 31.7 Å². The maximum Gasteiger partial charge on any atom is 0.317 e. The molecule has 0 aromatic rings. The number of carboxylic acids is 1. The Hall–Kier alpha value is -1.83. The van der Waals surface area contributed by atoms with Gasteiger partial charge in [-0.25, -0.2) is 4.79 Å². The summed E-state index contributed by atoms with van der Waals surface area (Å²) < 4.78 is 0. The predicted molar refractivity (Wildman–Crippen MR) is 102 cm³/mol. The lowest BCUT2D eigenvalue weighted by Gasteiger charge is -2.43. The van der Waals surface area contributed by atoms with Gasteiger partial charge >= 0.3 is 12.0 Å². The fourth-order valence-corrected chi connectivity index (χ4v) is 3.77. The van der Waals surface area contributed by atoms with Crippen LogP contribution in [0.2, 0.25) is 0 Å². The third kappa shape index (κ3) is 6.37. The second-order valence-electron chi connectivity index (χ2n) is 8.15. The third-order valence-corrected chi connectivity index (χ3v) is 5.46. The van der Waals surface area contributed by atoms with Crippen LogP contribution in [0.1, 0.15) is 46.5 Å². The van der Waals surface area contributed by atoms with Gasteiger partial charge in [-0.05, 0) is 38.1 Å². The van der Waals surface area contributed by atoms with Crippen molar-refractivity contribution in [3.63, 3.8) is 0 Å². The number of aliphatic carboxylic acids is 1. The minimum atomic E-state index is -0.817. The third-order valence-electron chi connectivity index (χ3n) is 5.46. The maximum atomic E-state index is 12.6. The van der Waals surface area contributed by atoms with E-state index in [0.717, 1.165) is 25.7 Å². The summed E-state index contributed by atoms with van der Waals surface area (Å²) in [6, 6.07) is 0.244. The number of rotatable bonds is 8. The minimum absolute atomic E-state index is 0.0149. The van der Waals surface area contributed by atoms with Crippen LogP contribution in [0.4, 0.5) is 4.79 Å². The first-order valence-electron chi connectivity index (χ1n) is 10.1. The zero-order valence-corrected chi connectivity index (χ0v) is 16.7. The Labute approximate surface area is 161 Å². The number of nitrogens with one attached hydrogen (secondary N) is 2. The van der Waals surface area contributed by atoms with Crippen LogP contribution < -0.4 is 10.6 Å². The van der Waals surface area contributed by atoms with E-state index in [-0.39, 0.29) is 36.5 Å². The number of hydrogen-bond acceptors (Lipinski definition) is 4. The van der Waals surface area contributed by atoms with Crippen LogP contribution in [0.25, 0.3) is 0 Å². The Morgan fingerprint density at radius 2 is 1.96 bits per heavy atom. The van der Waals surface area contributed by atoms with Crippen LogP contribution in [0.3, 0.4) is 0 Å². The molecule has 154 valence electrons. The Morgan fingerprint density at radius 1 is 1.26 bits per heavy atom. The Balaban J connectivity index is 1.74. The summed E-state index contributed by atoms with van der Waals surface area (Å²) in [6.07, 6.45) is 3.22. The summed E-state index contributed by atoms with van der Waals surface area (Å²) >= 11 is 0. The molecular formula is C19H34N4O4. The lowest BCUT2D eigenvalue weighted by Crippen LogP contribution is -2.57. The molecule has 2 rings (SSSR count). The van der Waals surface area contributed by atoms with Crippen LogP contribution in [0.15, 0.2) is 0 Å². The summed E-state index contributed by atoms with van der Waals surface area (Å²) in [5.74, 6) is -0.569. The number of piperidine rings is 1. The highest BCUT2D eigenvalue weighted by Crippen LogP contribution is 2.26. The summed E-state index contributed by atoms with van der Waals surface area (Å²) in [5.41, 5.74) is 0. The first kappa shape index (κ1) is 21.5. The molecule has 1 saturated carbocycles. The highest BCUT2D eigenvalue weighted by atomic mass is 16.4. The molecule has 1 heterocycles. The first-order chi connectivity index (χ1) is 12.8. The molecule has 1 unspecified atom stereocenters. The van der Waals surface area contributed by atoms with Gasteiger partial charge in [-0.3, -0.25) is 14.5 Å². The number of amides is 3. The maximum absolute atomic E-state index is 12.6. The SMILES string of the molecule is CCN(CC(=O)O)C1CC(NC(=O)C2CCCN(C(=O)NCC(C)C)C2)C1. The van der Waals surface area contributed by atoms with Crippen molar-refractivity contribution in [1.29, 1.82) is 0 Å². The average molecular weight is 383 g/mol. The smallest absolute Gasteiger partial charge is 0.317 e. The average Bonchev–Trinajstić information content (AvgIpc) is 2.60. The number of likely N-dealkylation sites (tertiary alicyclic amines) is 1. The fourth-order valence-electron chi connectivity index (χ4n) is 3.77. The molecule has 1 saturated heterocycles. The Morgan fingerprint density at radius 3 is 2.56 bits per heavy atom. The molecule has 0 aromatic heterocycles. The van der Waals surface area contributed by atoms with E-state index >= 15 is 0 Å². The first-order valence-corrected chi connectivity index (χ1v) is 10.1. The second kappa shape index (κ2) is 9.92. The molecule has 0 radical (unpaired) electrons. The molecule has 0 bridgehead atoms. The largest absolute Gasteiger partial charge is 0.480 e. The molecule has 27 heavy (non-hydrogen) atoms. The van der Waals surface area contributed by atoms with Crippen LogP contribution in [0.5, 0.6) is 0 Å². The molecule has 8 nitrogen and oxygen atoms in total. The normalized spacial score (nSPS) is 25.2. The topological polar surface area (TPSA) is 102 Å². The molecule has 1 aliphatic carbocycles. The quantitative estimate of drug-likeness (QED) is 0.584. The van der Waals surface area contributed by atoms with Gasteiger partial charge in [0.05, 0.1) is 12.5 Å². The van der Waals surface area contributed by atoms with Crippen LogP contribution in [0, 0.1) is 11.8 Å². The highest BCUT2D eigenvalue weighted by molar-refractivity contribution is 5.81. The van der Waals surface area contributed by atoms with Crippen molar-refractivity contribution in [2.24, 2.45) is 11.8 Å². The summed E-state index contributed by atoms with van der Waals surface area (Å²) in [5, 5.41) is 15.0. The molecule has 1 atom stereocenters. The lowest BCUT2D eigenvalue weighted by atomic mass is 9.84. The molecule has 2 fully saturated rings. The molecule has 0 aromatic carbocycles. The zero-order valence-electron chi connectivity index (χ0n) is 16.7. The molecule has 1 aliphatic heterocycles. The van der Waals surface area contributed by atoms with Crippen molar-refractivity contribution in [3.8, 4) is 0 Å². The van der Waals surface area contributed by atoms with Crippen LogP contribution >= 0.6 is 0 Å². The second-order valence-corrected chi connectivity index (χ2v) is 8.15. The highest BCUT2D eigenvalue weighted by Gasteiger charge is 2.36. The van der Waals surface area contributed by atoms with Gasteiger partial charge in [-0.15, -0.1) is 0 Å². The summed E-state index contributed by atoms with van der Waals surface area (Å²) in [7, 11) is 0. The monoisotopic (exact) mass is 382 g/mol. The Bertz CT molecular complexity index is 534. The van der Waals surface area contributed by atoms with Crippen LogP contribution in [-0.2, 0) is 9.59 Å². The van der Waals surface area contributed by atoms with Crippen molar-refractivity contribution in [1.82, 2.24) is 20.4 Å². The zero-order chi connectivity index (χ0) is 20.0. The number of carbonyl (C=O) groups excluding carboxylic acids is 2. The molecule has 0 spiro atoms. The van der Waals surface area contributed by atoms with Crippen molar-refractivity contribution in [3.05, 3.63) is 0 Å². The molecule has 3 N–H and O–H groups in total. The number of hydrogen-bond donors (Lipinski definition) is 3. The van der Waals surface area contributed by atoms with E-state index in [1.165, 1.54) is 0 Å². The van der Waals surface area contributed by atoms with E-state index in [1.54, 1.807) is 4.90 Å². The van der Waals surface area contributed by atoms with Crippen molar-refractivity contribution >= 4 is 17.9 Å². The number of urea groups is 1. The summed E-state index contributed by atoms with van der Waals surface area (Å²) in [6.45, 7) is 8.59. The minimum Gasteiger partial charge on any atom is -0.480 e.